The van der Waals surface area contributed by atoms with E-state index in [9.17, 15) is 0 Å². The smallest absolute Gasteiger partial charge is 0.0397 e. The van der Waals surface area contributed by atoms with Crippen molar-refractivity contribution in [3.8, 4) is 12.3 Å². The Morgan fingerprint density at radius 2 is 1.65 bits per heavy atom. The molecule has 0 unspecified atom stereocenters. The molecule has 0 aliphatic rings. The van der Waals surface area contributed by atoms with Gasteiger partial charge in [-0.05, 0) is 72.0 Å². The molecule has 3 aromatic carbocycles. The van der Waals surface area contributed by atoms with E-state index in [1.54, 1.807) is 0 Å². The summed E-state index contributed by atoms with van der Waals surface area (Å²) in [6.07, 6.45) is 7.50. The van der Waals surface area contributed by atoms with Crippen molar-refractivity contribution in [3.63, 3.8) is 0 Å². The molecule has 0 radical (unpaired) electrons. The van der Waals surface area contributed by atoms with Crippen molar-refractivity contribution < 1.29 is 0 Å². The van der Waals surface area contributed by atoms with Gasteiger partial charge in [-0.25, -0.2) is 0 Å². The van der Waals surface area contributed by atoms with Crippen molar-refractivity contribution in [2.24, 2.45) is 0 Å². The summed E-state index contributed by atoms with van der Waals surface area (Å²) in [6.45, 7) is 13.3. The number of benzene rings is 3. The Morgan fingerprint density at radius 1 is 0.968 bits per heavy atom. The van der Waals surface area contributed by atoms with E-state index in [4.69, 9.17) is 6.42 Å². The lowest BCUT2D eigenvalue weighted by Crippen LogP contribution is -2.10. The number of allylic oxidation sites excluding steroid dienone is 3. The van der Waals surface area contributed by atoms with Gasteiger partial charge >= 0.3 is 0 Å². The van der Waals surface area contributed by atoms with Crippen LogP contribution in [0.1, 0.15) is 34.7 Å². The molecule has 0 bridgehead atoms. The van der Waals surface area contributed by atoms with Gasteiger partial charge in [0.15, 0.2) is 0 Å². The third-order valence-corrected chi connectivity index (χ3v) is 5.10. The second kappa shape index (κ2) is 10.2. The summed E-state index contributed by atoms with van der Waals surface area (Å²) in [6, 6.07) is 24.4. The summed E-state index contributed by atoms with van der Waals surface area (Å²) in [5.74, 6) is 2.63. The molecule has 3 aromatic rings. The number of rotatable bonds is 8. The van der Waals surface area contributed by atoms with Gasteiger partial charge in [0.05, 0.1) is 0 Å². The fourth-order valence-electron chi connectivity index (χ4n) is 3.28. The predicted octanol–water partition coefficient (Wildman–Crippen LogP) is 6.77. The molecule has 0 spiro atoms. The van der Waals surface area contributed by atoms with Crippen molar-refractivity contribution in [2.45, 2.75) is 20.4 Å². The fraction of sp³-hybridized carbons (Fsp3) is 0.103. The van der Waals surface area contributed by atoms with Crippen molar-refractivity contribution in [3.05, 3.63) is 126 Å². The molecule has 0 aliphatic carbocycles. The highest BCUT2D eigenvalue weighted by Gasteiger charge is 2.02. The van der Waals surface area contributed by atoms with Crippen molar-refractivity contribution in [1.82, 2.24) is 5.32 Å². The molecule has 0 atom stereocenters. The molecule has 3 rings (SSSR count). The molecule has 2 nitrogen and oxygen atoms in total. The van der Waals surface area contributed by atoms with Gasteiger partial charge < -0.3 is 10.6 Å². The quantitative estimate of drug-likeness (QED) is 0.320. The lowest BCUT2D eigenvalue weighted by molar-refractivity contribution is 0.813. The van der Waals surface area contributed by atoms with E-state index in [2.05, 4.69) is 86.0 Å². The molecule has 2 N–H and O–H groups in total. The highest BCUT2D eigenvalue weighted by Crippen LogP contribution is 2.20. The van der Waals surface area contributed by atoms with Gasteiger partial charge in [0.2, 0.25) is 0 Å². The summed E-state index contributed by atoms with van der Waals surface area (Å²) in [7, 11) is 0. The number of hydrogen-bond donors (Lipinski definition) is 2. The Hall–Kier alpha value is -3.96. The topological polar surface area (TPSA) is 24.1 Å². The van der Waals surface area contributed by atoms with Crippen LogP contribution in [0.5, 0.6) is 0 Å². The molecule has 0 amide bonds. The van der Waals surface area contributed by atoms with Gasteiger partial charge in [-0.2, -0.15) is 0 Å². The average molecular weight is 405 g/mol. The normalized spacial score (nSPS) is 10.8. The van der Waals surface area contributed by atoms with E-state index >= 15 is 0 Å². The average Bonchev–Trinajstić information content (AvgIpc) is 2.79. The van der Waals surface area contributed by atoms with Crippen LogP contribution in [-0.2, 0) is 6.54 Å². The molecule has 0 fully saturated rings. The van der Waals surface area contributed by atoms with Gasteiger partial charge in [-0.1, -0.05) is 67.6 Å². The van der Waals surface area contributed by atoms with Crippen LogP contribution < -0.4 is 10.6 Å². The molecular formula is C29H28N2. The zero-order valence-electron chi connectivity index (χ0n) is 18.2. The Balaban J connectivity index is 1.55. The third kappa shape index (κ3) is 6.01. The van der Waals surface area contributed by atoms with Crippen LogP contribution in [-0.4, -0.2) is 0 Å². The minimum Gasteiger partial charge on any atom is -0.384 e. The second-order valence-electron chi connectivity index (χ2n) is 7.54. The SMILES string of the molecule is C#Cc1ccc(C(=C)Nc2ccc(CN/C(C)=C/C(=C)c3ccccc3C)cc2)cc1. The Morgan fingerprint density at radius 3 is 2.29 bits per heavy atom. The summed E-state index contributed by atoms with van der Waals surface area (Å²) < 4.78 is 0. The first-order valence-electron chi connectivity index (χ1n) is 10.3. The molecule has 154 valence electrons. The van der Waals surface area contributed by atoms with Gasteiger partial charge in [0.1, 0.15) is 0 Å². The fourth-order valence-corrected chi connectivity index (χ4v) is 3.28. The standard InChI is InChI=1S/C29H28N2/c1-6-25-11-15-27(16-12-25)24(5)31-28-17-13-26(14-18-28)20-30-23(4)19-22(3)29-10-8-7-9-21(29)2/h1,7-19,30-31H,3,5,20H2,2,4H3/b23-19+. The minimum absolute atomic E-state index is 0.748. The first kappa shape index (κ1) is 21.7. The Labute approximate surface area is 186 Å². The molecule has 0 heterocycles. The molecule has 2 heteroatoms. The van der Waals surface area contributed by atoms with Gasteiger partial charge in [-0.3, -0.25) is 0 Å². The Kier molecular flexibility index (Phi) is 7.14. The zero-order chi connectivity index (χ0) is 22.2. The van der Waals surface area contributed by atoms with Crippen molar-refractivity contribution >= 4 is 17.0 Å². The molecular weight excluding hydrogens is 376 g/mol. The molecule has 0 aliphatic heterocycles. The minimum atomic E-state index is 0.748. The number of nitrogens with one attached hydrogen (secondary N) is 2. The van der Waals surface area contributed by atoms with Crippen LogP contribution in [0.15, 0.2) is 97.7 Å². The third-order valence-electron chi connectivity index (χ3n) is 5.10. The van der Waals surface area contributed by atoms with Crippen molar-refractivity contribution in [2.75, 3.05) is 5.32 Å². The van der Waals surface area contributed by atoms with E-state index in [-0.39, 0.29) is 0 Å². The number of hydrogen-bond acceptors (Lipinski definition) is 2. The van der Waals surface area contributed by atoms with Crippen LogP contribution >= 0.6 is 0 Å². The summed E-state index contributed by atoms with van der Waals surface area (Å²) in [5.41, 5.74) is 9.40. The zero-order valence-corrected chi connectivity index (χ0v) is 18.2. The van der Waals surface area contributed by atoms with Crippen LogP contribution in [0.4, 0.5) is 5.69 Å². The highest BCUT2D eigenvalue weighted by molar-refractivity contribution is 5.76. The van der Waals surface area contributed by atoms with E-state index in [1.807, 2.05) is 36.4 Å². The first-order chi connectivity index (χ1) is 15.0. The number of terminal acetylenes is 1. The van der Waals surface area contributed by atoms with Crippen LogP contribution in [0.2, 0.25) is 0 Å². The highest BCUT2D eigenvalue weighted by atomic mass is 14.9. The molecule has 0 aromatic heterocycles. The number of anilines is 1. The lowest BCUT2D eigenvalue weighted by Gasteiger charge is -2.12. The van der Waals surface area contributed by atoms with E-state index < -0.39 is 0 Å². The summed E-state index contributed by atoms with van der Waals surface area (Å²) in [4.78, 5) is 0. The van der Waals surface area contributed by atoms with Crippen LogP contribution in [0.3, 0.4) is 0 Å². The maximum Gasteiger partial charge on any atom is 0.0397 e. The maximum absolute atomic E-state index is 5.41. The molecule has 0 saturated carbocycles. The van der Waals surface area contributed by atoms with E-state index in [0.717, 1.165) is 40.3 Å². The first-order valence-corrected chi connectivity index (χ1v) is 10.3. The van der Waals surface area contributed by atoms with Gasteiger partial charge in [0.25, 0.3) is 0 Å². The monoisotopic (exact) mass is 404 g/mol. The van der Waals surface area contributed by atoms with E-state index in [1.165, 1.54) is 16.7 Å². The summed E-state index contributed by atoms with van der Waals surface area (Å²) >= 11 is 0. The molecule has 31 heavy (non-hydrogen) atoms. The Bertz CT molecular complexity index is 1140. The molecule has 0 saturated heterocycles. The predicted molar refractivity (Wildman–Crippen MR) is 134 cm³/mol. The second-order valence-corrected chi connectivity index (χ2v) is 7.54. The van der Waals surface area contributed by atoms with Crippen molar-refractivity contribution in [1.29, 1.82) is 0 Å². The van der Waals surface area contributed by atoms with Gasteiger partial charge in [-0.15, -0.1) is 6.42 Å². The van der Waals surface area contributed by atoms with E-state index in [0.29, 0.717) is 0 Å². The summed E-state index contributed by atoms with van der Waals surface area (Å²) in [5, 5.41) is 6.81. The van der Waals surface area contributed by atoms with Crippen LogP contribution in [0, 0.1) is 19.3 Å². The maximum atomic E-state index is 5.41. The van der Waals surface area contributed by atoms with Crippen LogP contribution in [0.25, 0.3) is 11.3 Å². The number of aryl methyl sites for hydroxylation is 1. The van der Waals surface area contributed by atoms with Gasteiger partial charge in [0, 0.05) is 29.2 Å². The lowest BCUT2D eigenvalue weighted by atomic mass is 10.0. The largest absolute Gasteiger partial charge is 0.384 e.